The van der Waals surface area contributed by atoms with E-state index in [9.17, 15) is 9.90 Å². The Bertz CT molecular complexity index is 406. The lowest BCUT2D eigenvalue weighted by molar-refractivity contribution is -0.117. The maximum absolute atomic E-state index is 11.6. The molecule has 1 fully saturated rings. The number of nitrogens with zero attached hydrogens (tertiary/aromatic N) is 2. The highest BCUT2D eigenvalue weighted by Gasteiger charge is 2.31. The molecular weight excluding hydrogens is 206 g/mol. The summed E-state index contributed by atoms with van der Waals surface area (Å²) >= 11 is 0. The summed E-state index contributed by atoms with van der Waals surface area (Å²) in [5.74, 6) is 0.533. The summed E-state index contributed by atoms with van der Waals surface area (Å²) < 4.78 is 0. The van der Waals surface area contributed by atoms with E-state index in [2.05, 4.69) is 31.0 Å². The number of H-pyrrole nitrogens is 1. The van der Waals surface area contributed by atoms with Crippen LogP contribution in [0.5, 0.6) is 0 Å². The standard InChI is InChI=1S/C11H17N3O2/c1-11(2,3)8-5-9(13-12-8)14-6-7(15)4-10(14)16/h5,7,15H,4,6H2,1-3H3,(H,12,13). The zero-order chi connectivity index (χ0) is 11.9. The summed E-state index contributed by atoms with van der Waals surface area (Å²) in [5.41, 5.74) is 0.962. The van der Waals surface area contributed by atoms with Gasteiger partial charge in [0.2, 0.25) is 5.91 Å². The fourth-order valence-electron chi connectivity index (χ4n) is 1.74. The van der Waals surface area contributed by atoms with E-state index in [1.165, 1.54) is 4.90 Å². The van der Waals surface area contributed by atoms with E-state index >= 15 is 0 Å². The first kappa shape index (κ1) is 11.1. The van der Waals surface area contributed by atoms with E-state index in [0.29, 0.717) is 12.4 Å². The third-order valence-electron chi connectivity index (χ3n) is 2.75. The second kappa shape index (κ2) is 3.59. The molecule has 2 N–H and O–H groups in total. The Balaban J connectivity index is 2.23. The van der Waals surface area contributed by atoms with Crippen LogP contribution in [0.2, 0.25) is 0 Å². The maximum atomic E-state index is 11.6. The van der Waals surface area contributed by atoms with Crippen LogP contribution in [0.25, 0.3) is 0 Å². The van der Waals surface area contributed by atoms with Gasteiger partial charge >= 0.3 is 0 Å². The zero-order valence-electron chi connectivity index (χ0n) is 9.82. The zero-order valence-corrected chi connectivity index (χ0v) is 9.82. The predicted molar refractivity (Wildman–Crippen MR) is 60.3 cm³/mol. The molecule has 0 radical (unpaired) electrons. The molecule has 1 atom stereocenters. The average Bonchev–Trinajstić information content (AvgIpc) is 2.70. The average molecular weight is 223 g/mol. The highest BCUT2D eigenvalue weighted by molar-refractivity contribution is 5.95. The van der Waals surface area contributed by atoms with Gasteiger partial charge in [0, 0.05) is 17.2 Å². The smallest absolute Gasteiger partial charge is 0.230 e. The number of aliphatic hydroxyl groups excluding tert-OH is 1. The van der Waals surface area contributed by atoms with Gasteiger partial charge in [0.25, 0.3) is 0 Å². The molecule has 1 aromatic rings. The largest absolute Gasteiger partial charge is 0.391 e. The Morgan fingerprint density at radius 2 is 2.25 bits per heavy atom. The summed E-state index contributed by atoms with van der Waals surface area (Å²) in [6, 6.07) is 1.87. The van der Waals surface area contributed by atoms with Crippen LogP contribution in [0.1, 0.15) is 32.9 Å². The van der Waals surface area contributed by atoms with E-state index < -0.39 is 6.10 Å². The van der Waals surface area contributed by atoms with E-state index in [1.54, 1.807) is 0 Å². The van der Waals surface area contributed by atoms with Crippen molar-refractivity contribution in [2.75, 3.05) is 11.4 Å². The van der Waals surface area contributed by atoms with Crippen molar-refractivity contribution >= 4 is 11.7 Å². The Morgan fingerprint density at radius 3 is 2.69 bits per heavy atom. The Morgan fingerprint density at radius 1 is 1.56 bits per heavy atom. The highest BCUT2D eigenvalue weighted by Crippen LogP contribution is 2.26. The highest BCUT2D eigenvalue weighted by atomic mass is 16.3. The molecule has 0 bridgehead atoms. The molecule has 1 aliphatic rings. The van der Waals surface area contributed by atoms with E-state index in [-0.39, 0.29) is 17.7 Å². The topological polar surface area (TPSA) is 69.2 Å². The molecule has 5 heteroatoms. The van der Waals surface area contributed by atoms with Crippen molar-refractivity contribution in [1.82, 2.24) is 10.2 Å². The van der Waals surface area contributed by atoms with Crippen LogP contribution in [0, 0.1) is 0 Å². The normalized spacial score (nSPS) is 21.9. The van der Waals surface area contributed by atoms with Crippen LogP contribution in [0.3, 0.4) is 0 Å². The fraction of sp³-hybridized carbons (Fsp3) is 0.636. The summed E-state index contributed by atoms with van der Waals surface area (Å²) in [5, 5.41) is 16.4. The fourth-order valence-corrected chi connectivity index (χ4v) is 1.74. The number of carbonyl (C=O) groups is 1. The minimum Gasteiger partial charge on any atom is -0.391 e. The summed E-state index contributed by atoms with van der Waals surface area (Å²) in [6.45, 7) is 6.56. The third kappa shape index (κ3) is 1.95. The van der Waals surface area contributed by atoms with E-state index in [1.807, 2.05) is 6.07 Å². The number of β-amino-alcohol motifs (C(OH)–C–C–N with tert-alkyl or cyclic N) is 1. The molecule has 5 nitrogen and oxygen atoms in total. The molecule has 0 aromatic carbocycles. The monoisotopic (exact) mass is 223 g/mol. The van der Waals surface area contributed by atoms with Gasteiger partial charge in [-0.3, -0.25) is 14.8 Å². The second-order valence-corrected chi connectivity index (χ2v) is 5.25. The minimum atomic E-state index is -0.567. The molecule has 1 unspecified atom stereocenters. The molecule has 1 amide bonds. The first-order valence-electron chi connectivity index (χ1n) is 5.42. The Labute approximate surface area is 94.5 Å². The van der Waals surface area contributed by atoms with Gasteiger partial charge in [-0.1, -0.05) is 20.8 Å². The number of carbonyl (C=O) groups excluding carboxylic acids is 1. The number of hydrogen-bond donors (Lipinski definition) is 2. The van der Waals surface area contributed by atoms with Crippen molar-refractivity contribution in [3.63, 3.8) is 0 Å². The molecule has 88 valence electrons. The molecular formula is C11H17N3O2. The van der Waals surface area contributed by atoms with Crippen LogP contribution >= 0.6 is 0 Å². The molecule has 16 heavy (non-hydrogen) atoms. The third-order valence-corrected chi connectivity index (χ3v) is 2.75. The van der Waals surface area contributed by atoms with Gasteiger partial charge < -0.3 is 5.11 Å². The van der Waals surface area contributed by atoms with Gasteiger partial charge in [0.05, 0.1) is 19.1 Å². The molecule has 0 saturated carbocycles. The quantitative estimate of drug-likeness (QED) is 0.740. The second-order valence-electron chi connectivity index (χ2n) is 5.25. The van der Waals surface area contributed by atoms with E-state index in [4.69, 9.17) is 0 Å². The number of aliphatic hydroxyl groups is 1. The minimum absolute atomic E-state index is 0.0212. The van der Waals surface area contributed by atoms with Gasteiger partial charge in [0.15, 0.2) is 5.82 Å². The van der Waals surface area contributed by atoms with Crippen molar-refractivity contribution in [2.24, 2.45) is 0 Å². The lowest BCUT2D eigenvalue weighted by Gasteiger charge is -2.15. The lowest BCUT2D eigenvalue weighted by Crippen LogP contribution is -2.25. The van der Waals surface area contributed by atoms with Crippen LogP contribution < -0.4 is 4.90 Å². The Kier molecular flexibility index (Phi) is 2.50. The van der Waals surface area contributed by atoms with Crippen LogP contribution in [0.4, 0.5) is 5.82 Å². The summed E-state index contributed by atoms with van der Waals surface area (Å²) in [4.78, 5) is 13.1. The number of aromatic nitrogens is 2. The Hall–Kier alpha value is -1.36. The van der Waals surface area contributed by atoms with Crippen molar-refractivity contribution < 1.29 is 9.90 Å². The molecule has 0 aliphatic carbocycles. The summed E-state index contributed by atoms with van der Waals surface area (Å²) in [7, 11) is 0. The van der Waals surface area contributed by atoms with Crippen molar-refractivity contribution in [2.45, 2.75) is 38.7 Å². The van der Waals surface area contributed by atoms with Gasteiger partial charge in [-0.15, -0.1) is 0 Å². The first-order valence-corrected chi connectivity index (χ1v) is 5.42. The molecule has 2 rings (SSSR count). The van der Waals surface area contributed by atoms with Crippen molar-refractivity contribution in [1.29, 1.82) is 0 Å². The number of rotatable bonds is 1. The van der Waals surface area contributed by atoms with Crippen molar-refractivity contribution in [3.8, 4) is 0 Å². The van der Waals surface area contributed by atoms with Gasteiger partial charge in [0.1, 0.15) is 0 Å². The molecule has 1 saturated heterocycles. The number of aromatic amines is 1. The molecule has 0 spiro atoms. The first-order chi connectivity index (χ1) is 7.38. The number of hydrogen-bond acceptors (Lipinski definition) is 3. The summed E-state index contributed by atoms with van der Waals surface area (Å²) in [6.07, 6.45) is -0.375. The number of amides is 1. The number of anilines is 1. The SMILES string of the molecule is CC(C)(C)c1cc(N2CC(O)CC2=O)n[nH]1. The lowest BCUT2D eigenvalue weighted by atomic mass is 9.92. The van der Waals surface area contributed by atoms with Crippen LogP contribution in [-0.2, 0) is 10.2 Å². The number of nitrogens with one attached hydrogen (secondary N) is 1. The van der Waals surface area contributed by atoms with Gasteiger partial charge in [-0.2, -0.15) is 5.10 Å². The van der Waals surface area contributed by atoms with Crippen molar-refractivity contribution in [3.05, 3.63) is 11.8 Å². The predicted octanol–water partition coefficient (Wildman–Crippen LogP) is 0.805. The van der Waals surface area contributed by atoms with Crippen LogP contribution in [0.15, 0.2) is 6.07 Å². The van der Waals surface area contributed by atoms with E-state index in [0.717, 1.165) is 5.69 Å². The molecule has 1 aliphatic heterocycles. The molecule has 2 heterocycles. The maximum Gasteiger partial charge on any atom is 0.230 e. The molecule has 1 aromatic heterocycles. The van der Waals surface area contributed by atoms with Crippen LogP contribution in [-0.4, -0.2) is 33.9 Å². The van der Waals surface area contributed by atoms with Gasteiger partial charge in [-0.25, -0.2) is 0 Å². The van der Waals surface area contributed by atoms with Gasteiger partial charge in [-0.05, 0) is 0 Å².